The molecule has 7 nitrogen and oxygen atoms in total. The van der Waals surface area contributed by atoms with Gasteiger partial charge in [-0.2, -0.15) is 0 Å². The number of carbonyl (C=O) groups is 1. The van der Waals surface area contributed by atoms with Crippen molar-refractivity contribution >= 4 is 23.4 Å². The number of carbonyl (C=O) groups excluding carboxylic acids is 1. The SMILES string of the molecule is COc1ccc(NC(=O)C(C)Sc2nnnn2Cc2ccccc2)cc1. The first-order chi connectivity index (χ1) is 12.7. The number of amides is 1. The van der Waals surface area contributed by atoms with Gasteiger partial charge in [-0.15, -0.1) is 5.10 Å². The van der Waals surface area contributed by atoms with Crippen molar-refractivity contribution in [2.45, 2.75) is 23.9 Å². The third-order valence-electron chi connectivity index (χ3n) is 3.68. The van der Waals surface area contributed by atoms with E-state index in [0.29, 0.717) is 17.4 Å². The molecule has 26 heavy (non-hydrogen) atoms. The second-order valence-corrected chi connectivity index (χ2v) is 6.89. The lowest BCUT2D eigenvalue weighted by molar-refractivity contribution is -0.115. The highest BCUT2D eigenvalue weighted by Crippen LogP contribution is 2.23. The standard InChI is InChI=1S/C18H19N5O2S/c1-13(17(24)19-15-8-10-16(25-2)11-9-15)26-18-20-21-22-23(18)12-14-6-4-3-5-7-14/h3-11,13H,12H2,1-2H3,(H,19,24). The molecule has 0 spiro atoms. The summed E-state index contributed by atoms with van der Waals surface area (Å²) in [6.07, 6.45) is 0. The first kappa shape index (κ1) is 17.9. The van der Waals surface area contributed by atoms with E-state index in [1.54, 1.807) is 36.1 Å². The monoisotopic (exact) mass is 369 g/mol. The molecule has 0 aliphatic carbocycles. The van der Waals surface area contributed by atoms with Gasteiger partial charge in [-0.25, -0.2) is 4.68 Å². The molecule has 8 heteroatoms. The Balaban J connectivity index is 1.61. The molecule has 1 amide bonds. The van der Waals surface area contributed by atoms with Gasteiger partial charge >= 0.3 is 0 Å². The Hall–Kier alpha value is -2.87. The molecule has 0 saturated carbocycles. The van der Waals surface area contributed by atoms with Crippen LogP contribution in [0, 0.1) is 0 Å². The number of ether oxygens (including phenoxy) is 1. The van der Waals surface area contributed by atoms with Crippen LogP contribution >= 0.6 is 11.8 Å². The Bertz CT molecular complexity index is 852. The van der Waals surface area contributed by atoms with Gasteiger partial charge in [0.1, 0.15) is 5.75 Å². The van der Waals surface area contributed by atoms with Crippen LogP contribution in [0.25, 0.3) is 0 Å². The highest BCUT2D eigenvalue weighted by Gasteiger charge is 2.19. The Morgan fingerprint density at radius 3 is 2.62 bits per heavy atom. The molecule has 3 aromatic rings. The molecule has 2 aromatic carbocycles. The molecule has 1 unspecified atom stereocenters. The summed E-state index contributed by atoms with van der Waals surface area (Å²) in [5.74, 6) is 0.625. The number of aromatic nitrogens is 4. The molecule has 1 aromatic heterocycles. The number of tetrazole rings is 1. The molecule has 3 rings (SSSR count). The molecule has 1 heterocycles. The van der Waals surface area contributed by atoms with E-state index in [1.165, 1.54) is 11.8 Å². The summed E-state index contributed by atoms with van der Waals surface area (Å²) < 4.78 is 6.80. The number of hydrogen-bond acceptors (Lipinski definition) is 6. The van der Waals surface area contributed by atoms with Gasteiger partial charge in [-0.1, -0.05) is 42.1 Å². The van der Waals surface area contributed by atoms with Crippen LogP contribution in [0.15, 0.2) is 59.8 Å². The zero-order valence-corrected chi connectivity index (χ0v) is 15.3. The minimum absolute atomic E-state index is 0.116. The Morgan fingerprint density at radius 2 is 1.92 bits per heavy atom. The van der Waals surface area contributed by atoms with Crippen LogP contribution in [0.5, 0.6) is 5.75 Å². The minimum Gasteiger partial charge on any atom is -0.497 e. The highest BCUT2D eigenvalue weighted by atomic mass is 32.2. The van der Waals surface area contributed by atoms with Crippen LogP contribution in [0.3, 0.4) is 0 Å². The van der Waals surface area contributed by atoms with E-state index in [4.69, 9.17) is 4.74 Å². The Labute approximate surface area is 155 Å². The van der Waals surface area contributed by atoms with Crippen LogP contribution in [0.4, 0.5) is 5.69 Å². The predicted molar refractivity (Wildman–Crippen MR) is 100 cm³/mol. The van der Waals surface area contributed by atoms with Crippen molar-refractivity contribution < 1.29 is 9.53 Å². The van der Waals surface area contributed by atoms with E-state index in [-0.39, 0.29) is 11.2 Å². The zero-order chi connectivity index (χ0) is 18.4. The molecular formula is C18H19N5O2S. The summed E-state index contributed by atoms with van der Waals surface area (Å²) >= 11 is 1.32. The van der Waals surface area contributed by atoms with Crippen LogP contribution < -0.4 is 10.1 Å². The lowest BCUT2D eigenvalue weighted by atomic mass is 10.2. The first-order valence-electron chi connectivity index (χ1n) is 8.07. The molecule has 0 radical (unpaired) electrons. The van der Waals surface area contributed by atoms with Gasteiger partial charge in [0.15, 0.2) is 0 Å². The third kappa shape index (κ3) is 4.60. The minimum atomic E-state index is -0.349. The quantitative estimate of drug-likeness (QED) is 0.645. The van der Waals surface area contributed by atoms with Gasteiger partial charge in [0.25, 0.3) is 0 Å². The highest BCUT2D eigenvalue weighted by molar-refractivity contribution is 8.00. The molecule has 134 valence electrons. The van der Waals surface area contributed by atoms with Crippen LogP contribution in [0.1, 0.15) is 12.5 Å². The van der Waals surface area contributed by atoms with E-state index in [1.807, 2.05) is 37.3 Å². The topological polar surface area (TPSA) is 81.9 Å². The summed E-state index contributed by atoms with van der Waals surface area (Å²) in [4.78, 5) is 12.4. The third-order valence-corrected chi connectivity index (χ3v) is 4.75. The zero-order valence-electron chi connectivity index (χ0n) is 14.5. The van der Waals surface area contributed by atoms with Gasteiger partial charge in [-0.3, -0.25) is 4.79 Å². The molecule has 0 aliphatic heterocycles. The molecule has 0 saturated heterocycles. The second kappa shape index (κ2) is 8.48. The van der Waals surface area contributed by atoms with Crippen LogP contribution in [-0.4, -0.2) is 38.5 Å². The van der Waals surface area contributed by atoms with Gasteiger partial charge in [0, 0.05) is 5.69 Å². The summed E-state index contributed by atoms with van der Waals surface area (Å²) in [7, 11) is 1.60. The van der Waals surface area contributed by atoms with Crippen molar-refractivity contribution in [3.63, 3.8) is 0 Å². The molecule has 1 atom stereocenters. The number of benzene rings is 2. The molecule has 1 N–H and O–H groups in total. The van der Waals surface area contributed by atoms with Gasteiger partial charge < -0.3 is 10.1 Å². The van der Waals surface area contributed by atoms with Gasteiger partial charge in [0.05, 0.1) is 18.9 Å². The number of anilines is 1. The molecule has 0 fully saturated rings. The normalized spacial score (nSPS) is 11.8. The molecular weight excluding hydrogens is 350 g/mol. The molecule has 0 bridgehead atoms. The average Bonchev–Trinajstić information content (AvgIpc) is 3.09. The fourth-order valence-electron chi connectivity index (χ4n) is 2.27. The van der Waals surface area contributed by atoms with Crippen molar-refractivity contribution in [2.75, 3.05) is 12.4 Å². The Kier molecular flexibility index (Phi) is 5.85. The number of rotatable bonds is 7. The summed E-state index contributed by atoms with van der Waals surface area (Å²) in [5.41, 5.74) is 1.81. The fourth-order valence-corrected chi connectivity index (χ4v) is 3.05. The number of hydrogen-bond donors (Lipinski definition) is 1. The van der Waals surface area contributed by atoms with E-state index >= 15 is 0 Å². The lowest BCUT2D eigenvalue weighted by Gasteiger charge is -2.12. The van der Waals surface area contributed by atoms with Gasteiger partial charge in [0.2, 0.25) is 11.1 Å². The van der Waals surface area contributed by atoms with Crippen LogP contribution in [-0.2, 0) is 11.3 Å². The fraction of sp³-hybridized carbons (Fsp3) is 0.222. The summed E-state index contributed by atoms with van der Waals surface area (Å²) in [6.45, 7) is 2.38. The van der Waals surface area contributed by atoms with E-state index in [0.717, 1.165) is 11.3 Å². The second-order valence-electron chi connectivity index (χ2n) is 5.58. The van der Waals surface area contributed by atoms with E-state index in [9.17, 15) is 4.79 Å². The van der Waals surface area contributed by atoms with Crippen molar-refractivity contribution in [1.82, 2.24) is 20.2 Å². The maximum atomic E-state index is 12.4. The smallest absolute Gasteiger partial charge is 0.237 e. The van der Waals surface area contributed by atoms with E-state index in [2.05, 4.69) is 20.8 Å². The Morgan fingerprint density at radius 1 is 1.19 bits per heavy atom. The van der Waals surface area contributed by atoms with Crippen LogP contribution in [0.2, 0.25) is 0 Å². The van der Waals surface area contributed by atoms with Crippen molar-refractivity contribution in [3.05, 3.63) is 60.2 Å². The average molecular weight is 369 g/mol. The predicted octanol–water partition coefficient (Wildman–Crippen LogP) is 2.85. The number of nitrogens with zero attached hydrogens (tertiary/aromatic N) is 4. The lowest BCUT2D eigenvalue weighted by Crippen LogP contribution is -2.23. The van der Waals surface area contributed by atoms with Crippen molar-refractivity contribution in [2.24, 2.45) is 0 Å². The summed E-state index contributed by atoms with van der Waals surface area (Å²) in [5, 5.41) is 14.9. The van der Waals surface area contributed by atoms with E-state index < -0.39 is 0 Å². The van der Waals surface area contributed by atoms with Crippen molar-refractivity contribution in [3.8, 4) is 5.75 Å². The first-order valence-corrected chi connectivity index (χ1v) is 8.95. The largest absolute Gasteiger partial charge is 0.497 e. The molecule has 0 aliphatic rings. The maximum absolute atomic E-state index is 12.4. The number of thioether (sulfide) groups is 1. The van der Waals surface area contributed by atoms with Crippen molar-refractivity contribution in [1.29, 1.82) is 0 Å². The van der Waals surface area contributed by atoms with Gasteiger partial charge in [-0.05, 0) is 47.2 Å². The number of nitrogens with one attached hydrogen (secondary N) is 1. The maximum Gasteiger partial charge on any atom is 0.237 e. The number of methoxy groups -OCH3 is 1. The summed E-state index contributed by atoms with van der Waals surface area (Å²) in [6, 6.07) is 17.1.